The van der Waals surface area contributed by atoms with Crippen molar-refractivity contribution in [2.45, 2.75) is 11.6 Å². The number of rotatable bonds is 4. The average molecular weight is 324 g/mol. The number of hydrogen-bond acceptors (Lipinski definition) is 7. The number of nitrogens with two attached hydrogens (primary N) is 1. The Hall–Kier alpha value is -1.54. The van der Waals surface area contributed by atoms with Crippen LogP contribution >= 0.6 is 11.8 Å². The first-order chi connectivity index (χ1) is 10.5. The topological polar surface area (TPSA) is 78.6 Å². The van der Waals surface area contributed by atoms with Gasteiger partial charge in [0.15, 0.2) is 5.16 Å². The van der Waals surface area contributed by atoms with Crippen LogP contribution in [0.4, 0.5) is 11.6 Å². The van der Waals surface area contributed by atoms with Gasteiger partial charge in [-0.1, -0.05) is 11.8 Å². The largest absolute Gasteiger partial charge is 0.383 e. The first kappa shape index (κ1) is 16.8. The molecule has 2 heterocycles. The number of likely N-dealkylation sites (N-methyl/N-ethyl adjacent to an activating group) is 1. The number of aromatic nitrogens is 2. The first-order valence-corrected chi connectivity index (χ1v) is 8.35. The molecule has 7 nitrogen and oxygen atoms in total. The van der Waals surface area contributed by atoms with Crippen LogP contribution < -0.4 is 10.6 Å². The van der Waals surface area contributed by atoms with Crippen molar-refractivity contribution in [2.75, 3.05) is 63.7 Å². The fraction of sp³-hybridized carbons (Fsp3) is 0.643. The molecule has 0 saturated carbocycles. The lowest BCUT2D eigenvalue weighted by atomic mass is 10.4. The van der Waals surface area contributed by atoms with Gasteiger partial charge in [0.1, 0.15) is 11.6 Å². The van der Waals surface area contributed by atoms with Gasteiger partial charge in [0.25, 0.3) is 0 Å². The lowest BCUT2D eigenvalue weighted by molar-refractivity contribution is -0.125. The predicted molar refractivity (Wildman–Crippen MR) is 90.2 cm³/mol. The molecule has 0 bridgehead atoms. The average Bonchev–Trinajstić information content (AvgIpc) is 2.68. The Morgan fingerprint density at radius 3 is 2.82 bits per heavy atom. The molecular formula is C14H24N6OS. The molecule has 0 unspecified atom stereocenters. The maximum absolute atomic E-state index is 11.7. The zero-order valence-electron chi connectivity index (χ0n) is 13.4. The Bertz CT molecular complexity index is 524. The van der Waals surface area contributed by atoms with Crippen LogP contribution in [0.3, 0.4) is 0 Å². The SMILES string of the molecule is CN1CCCN(c2cc(N)nc(SCC(=O)N(C)C)n2)CC1. The lowest BCUT2D eigenvalue weighted by Gasteiger charge is -2.22. The number of nitrogens with zero attached hydrogens (tertiary/aromatic N) is 5. The van der Waals surface area contributed by atoms with Crippen LogP contribution in [0.5, 0.6) is 0 Å². The molecule has 22 heavy (non-hydrogen) atoms. The summed E-state index contributed by atoms with van der Waals surface area (Å²) in [5, 5.41) is 0.558. The summed E-state index contributed by atoms with van der Waals surface area (Å²) in [7, 11) is 5.61. The summed E-state index contributed by atoms with van der Waals surface area (Å²) >= 11 is 1.32. The molecular weight excluding hydrogens is 300 g/mol. The van der Waals surface area contributed by atoms with E-state index in [0.29, 0.717) is 16.7 Å². The van der Waals surface area contributed by atoms with Gasteiger partial charge in [-0.25, -0.2) is 9.97 Å². The molecule has 2 N–H and O–H groups in total. The monoisotopic (exact) mass is 324 g/mol. The molecule has 1 saturated heterocycles. The highest BCUT2D eigenvalue weighted by atomic mass is 32.2. The van der Waals surface area contributed by atoms with E-state index in [2.05, 4.69) is 26.8 Å². The van der Waals surface area contributed by atoms with E-state index in [-0.39, 0.29) is 5.91 Å². The number of hydrogen-bond donors (Lipinski definition) is 1. The van der Waals surface area contributed by atoms with Crippen LogP contribution in [0.2, 0.25) is 0 Å². The van der Waals surface area contributed by atoms with E-state index in [1.54, 1.807) is 19.0 Å². The number of thioether (sulfide) groups is 1. The number of amides is 1. The van der Waals surface area contributed by atoms with Crippen molar-refractivity contribution in [3.63, 3.8) is 0 Å². The van der Waals surface area contributed by atoms with Crippen LogP contribution in [-0.2, 0) is 4.79 Å². The van der Waals surface area contributed by atoms with Gasteiger partial charge in [-0.2, -0.15) is 0 Å². The highest BCUT2D eigenvalue weighted by Gasteiger charge is 2.16. The molecule has 1 amide bonds. The second-order valence-electron chi connectivity index (χ2n) is 5.65. The van der Waals surface area contributed by atoms with Gasteiger partial charge >= 0.3 is 0 Å². The highest BCUT2D eigenvalue weighted by Crippen LogP contribution is 2.21. The summed E-state index contributed by atoms with van der Waals surface area (Å²) in [4.78, 5) is 26.6. The molecule has 1 fully saturated rings. The number of carbonyl (C=O) groups excluding carboxylic acids is 1. The quantitative estimate of drug-likeness (QED) is 0.633. The maximum Gasteiger partial charge on any atom is 0.232 e. The molecule has 1 aromatic heterocycles. The van der Waals surface area contributed by atoms with E-state index in [0.717, 1.165) is 38.4 Å². The van der Waals surface area contributed by atoms with Gasteiger partial charge in [0.2, 0.25) is 5.91 Å². The molecule has 8 heteroatoms. The zero-order chi connectivity index (χ0) is 16.1. The molecule has 0 aliphatic carbocycles. The normalized spacial score (nSPS) is 16.4. The fourth-order valence-corrected chi connectivity index (χ4v) is 3.03. The molecule has 0 aromatic carbocycles. The summed E-state index contributed by atoms with van der Waals surface area (Å²) in [6, 6.07) is 1.81. The minimum Gasteiger partial charge on any atom is -0.383 e. The summed E-state index contributed by atoms with van der Waals surface area (Å²) in [6.07, 6.45) is 1.10. The molecule has 1 aliphatic rings. The van der Waals surface area contributed by atoms with Crippen LogP contribution in [0.1, 0.15) is 6.42 Å². The number of nitrogen functional groups attached to an aromatic ring is 1. The minimum atomic E-state index is 0.0361. The Balaban J connectivity index is 2.07. The molecule has 1 aromatic rings. The van der Waals surface area contributed by atoms with Gasteiger partial charge in [-0.05, 0) is 20.0 Å². The van der Waals surface area contributed by atoms with E-state index in [1.807, 2.05) is 6.07 Å². The molecule has 2 rings (SSSR count). The lowest BCUT2D eigenvalue weighted by Crippen LogP contribution is -2.29. The Labute approximate surface area is 135 Å². The van der Waals surface area contributed by atoms with Crippen molar-refractivity contribution in [2.24, 2.45) is 0 Å². The summed E-state index contributed by atoms with van der Waals surface area (Å²) in [5.74, 6) is 1.65. The third-order valence-electron chi connectivity index (χ3n) is 3.58. The molecule has 0 spiro atoms. The third kappa shape index (κ3) is 4.74. The van der Waals surface area contributed by atoms with Crippen molar-refractivity contribution in [3.05, 3.63) is 6.07 Å². The van der Waals surface area contributed by atoms with Crippen LogP contribution in [-0.4, -0.2) is 78.7 Å². The van der Waals surface area contributed by atoms with E-state index in [9.17, 15) is 4.79 Å². The molecule has 1 aliphatic heterocycles. The second kappa shape index (κ2) is 7.64. The minimum absolute atomic E-state index is 0.0361. The standard InChI is InChI=1S/C14H24N6OS/c1-18(2)13(21)10-22-14-16-11(15)9-12(17-14)20-6-4-5-19(3)7-8-20/h9H,4-8,10H2,1-3H3,(H2,15,16,17). The van der Waals surface area contributed by atoms with Gasteiger partial charge in [-0.15, -0.1) is 0 Å². The van der Waals surface area contributed by atoms with Crippen LogP contribution in [0.25, 0.3) is 0 Å². The molecule has 122 valence electrons. The summed E-state index contributed by atoms with van der Waals surface area (Å²) in [5.41, 5.74) is 5.90. The molecule has 0 radical (unpaired) electrons. The Morgan fingerprint density at radius 1 is 1.32 bits per heavy atom. The van der Waals surface area contributed by atoms with E-state index >= 15 is 0 Å². The summed E-state index contributed by atoms with van der Waals surface area (Å²) in [6.45, 7) is 3.98. The van der Waals surface area contributed by atoms with Gasteiger partial charge in [0.05, 0.1) is 5.75 Å². The van der Waals surface area contributed by atoms with Crippen LogP contribution in [0, 0.1) is 0 Å². The van der Waals surface area contributed by atoms with Crippen molar-refractivity contribution in [1.29, 1.82) is 0 Å². The number of anilines is 2. The zero-order valence-corrected chi connectivity index (χ0v) is 14.3. The maximum atomic E-state index is 11.7. The highest BCUT2D eigenvalue weighted by molar-refractivity contribution is 7.99. The van der Waals surface area contributed by atoms with Crippen molar-refractivity contribution >= 4 is 29.3 Å². The summed E-state index contributed by atoms with van der Waals surface area (Å²) < 4.78 is 0. The first-order valence-electron chi connectivity index (χ1n) is 7.36. The van der Waals surface area contributed by atoms with Crippen molar-refractivity contribution < 1.29 is 4.79 Å². The fourth-order valence-electron chi connectivity index (χ4n) is 2.19. The predicted octanol–water partition coefficient (Wildman–Crippen LogP) is 0.381. The molecule has 0 atom stereocenters. The second-order valence-corrected chi connectivity index (χ2v) is 6.60. The smallest absolute Gasteiger partial charge is 0.232 e. The van der Waals surface area contributed by atoms with Crippen LogP contribution in [0.15, 0.2) is 11.2 Å². The number of carbonyl (C=O) groups is 1. The van der Waals surface area contributed by atoms with Crippen molar-refractivity contribution in [1.82, 2.24) is 19.8 Å². The van der Waals surface area contributed by atoms with Gasteiger partial charge in [0, 0.05) is 39.8 Å². The third-order valence-corrected chi connectivity index (χ3v) is 4.41. The van der Waals surface area contributed by atoms with E-state index in [4.69, 9.17) is 5.73 Å². The van der Waals surface area contributed by atoms with Crippen molar-refractivity contribution in [3.8, 4) is 0 Å². The van der Waals surface area contributed by atoms with Gasteiger partial charge in [-0.3, -0.25) is 4.79 Å². The Morgan fingerprint density at radius 2 is 2.09 bits per heavy atom. The van der Waals surface area contributed by atoms with E-state index in [1.165, 1.54) is 11.8 Å². The Kier molecular flexibility index (Phi) is 5.84. The van der Waals surface area contributed by atoms with Gasteiger partial charge < -0.3 is 20.4 Å². The van der Waals surface area contributed by atoms with E-state index < -0.39 is 0 Å².